The molecule has 1 amide bonds. The summed E-state index contributed by atoms with van der Waals surface area (Å²) in [5.41, 5.74) is 5.96. The van der Waals surface area contributed by atoms with Crippen molar-refractivity contribution < 1.29 is 4.79 Å². The van der Waals surface area contributed by atoms with E-state index in [0.29, 0.717) is 29.8 Å². The van der Waals surface area contributed by atoms with Gasteiger partial charge in [0.1, 0.15) is 0 Å². The summed E-state index contributed by atoms with van der Waals surface area (Å²) in [5, 5.41) is 0. The van der Waals surface area contributed by atoms with Gasteiger partial charge < -0.3 is 15.5 Å². The second kappa shape index (κ2) is 7.93. The molecular formula is C15H29N3OS. The van der Waals surface area contributed by atoms with Gasteiger partial charge in [0.15, 0.2) is 0 Å². The Hall–Kier alpha value is -0.680. The number of hydrogen-bond donors (Lipinski definition) is 1. The summed E-state index contributed by atoms with van der Waals surface area (Å²) in [4.78, 5) is 16.6. The molecule has 0 unspecified atom stereocenters. The number of amides is 1. The average molecular weight is 299 g/mol. The second-order valence-electron chi connectivity index (χ2n) is 6.29. The smallest absolute Gasteiger partial charge is 0.223 e. The van der Waals surface area contributed by atoms with E-state index in [1.807, 2.05) is 7.05 Å². The average Bonchev–Trinajstić information content (AvgIpc) is 2.43. The summed E-state index contributed by atoms with van der Waals surface area (Å²) in [6.45, 7) is 8.38. The van der Waals surface area contributed by atoms with Crippen LogP contribution in [0.3, 0.4) is 0 Å². The van der Waals surface area contributed by atoms with Gasteiger partial charge in [-0.2, -0.15) is 0 Å². The third-order valence-corrected chi connectivity index (χ3v) is 4.88. The molecule has 5 heteroatoms. The van der Waals surface area contributed by atoms with Gasteiger partial charge in [0.05, 0.1) is 4.99 Å². The first-order chi connectivity index (χ1) is 9.36. The molecule has 0 aromatic rings. The van der Waals surface area contributed by atoms with E-state index in [0.717, 1.165) is 19.6 Å². The SMILES string of the molecule is CCC1(C)CCN(CCC(=O)N(C)CCC(N)=S)CC1. The molecule has 0 spiro atoms. The molecule has 20 heavy (non-hydrogen) atoms. The maximum absolute atomic E-state index is 12.0. The second-order valence-corrected chi connectivity index (χ2v) is 6.81. The minimum atomic E-state index is 0.185. The molecule has 0 radical (unpaired) electrons. The van der Waals surface area contributed by atoms with Crippen LogP contribution in [-0.2, 0) is 4.79 Å². The number of thiocarbonyl (C=S) groups is 1. The van der Waals surface area contributed by atoms with E-state index in [4.69, 9.17) is 18.0 Å². The zero-order chi connectivity index (χ0) is 15.2. The molecule has 1 aliphatic heterocycles. The van der Waals surface area contributed by atoms with Gasteiger partial charge >= 0.3 is 0 Å². The number of hydrogen-bond acceptors (Lipinski definition) is 3. The maximum atomic E-state index is 12.0. The van der Waals surface area contributed by atoms with E-state index < -0.39 is 0 Å². The summed E-state index contributed by atoms with van der Waals surface area (Å²) in [6.07, 6.45) is 4.94. The Balaban J connectivity index is 2.23. The van der Waals surface area contributed by atoms with Crippen molar-refractivity contribution in [3.63, 3.8) is 0 Å². The van der Waals surface area contributed by atoms with Crippen molar-refractivity contribution in [1.82, 2.24) is 9.80 Å². The van der Waals surface area contributed by atoms with Gasteiger partial charge in [0.2, 0.25) is 5.91 Å². The Morgan fingerprint density at radius 2 is 1.95 bits per heavy atom. The molecule has 1 rings (SSSR count). The number of piperidine rings is 1. The van der Waals surface area contributed by atoms with Crippen LogP contribution in [0.25, 0.3) is 0 Å². The molecular weight excluding hydrogens is 270 g/mol. The van der Waals surface area contributed by atoms with Crippen molar-refractivity contribution in [2.45, 2.75) is 46.0 Å². The van der Waals surface area contributed by atoms with Crippen molar-refractivity contribution in [3.8, 4) is 0 Å². The zero-order valence-electron chi connectivity index (χ0n) is 13.2. The minimum absolute atomic E-state index is 0.185. The molecule has 4 nitrogen and oxygen atoms in total. The third kappa shape index (κ3) is 5.75. The van der Waals surface area contributed by atoms with Gasteiger partial charge in [-0.3, -0.25) is 4.79 Å². The Bertz CT molecular complexity index is 338. The quantitative estimate of drug-likeness (QED) is 0.731. The summed E-state index contributed by atoms with van der Waals surface area (Å²) in [6, 6.07) is 0. The number of rotatable bonds is 7. The van der Waals surface area contributed by atoms with Crippen LogP contribution in [0, 0.1) is 5.41 Å². The molecule has 1 heterocycles. The number of nitrogens with zero attached hydrogens (tertiary/aromatic N) is 2. The van der Waals surface area contributed by atoms with Crippen molar-refractivity contribution in [3.05, 3.63) is 0 Å². The molecule has 0 saturated carbocycles. The molecule has 1 aliphatic rings. The summed E-state index contributed by atoms with van der Waals surface area (Å²) in [7, 11) is 1.82. The van der Waals surface area contributed by atoms with Gasteiger partial charge in [-0.25, -0.2) is 0 Å². The van der Waals surface area contributed by atoms with E-state index in [2.05, 4.69) is 18.7 Å². The van der Waals surface area contributed by atoms with Gasteiger partial charge in [-0.15, -0.1) is 0 Å². The number of carbonyl (C=O) groups excluding carboxylic acids is 1. The van der Waals surface area contributed by atoms with E-state index in [1.54, 1.807) is 4.90 Å². The number of nitrogens with two attached hydrogens (primary N) is 1. The molecule has 0 bridgehead atoms. The van der Waals surface area contributed by atoms with Gasteiger partial charge in [-0.1, -0.05) is 32.5 Å². The number of carbonyl (C=O) groups is 1. The maximum Gasteiger partial charge on any atom is 0.223 e. The fraction of sp³-hybridized carbons (Fsp3) is 0.867. The molecule has 0 aromatic carbocycles. The summed E-state index contributed by atoms with van der Waals surface area (Å²) < 4.78 is 0. The lowest BCUT2D eigenvalue weighted by Crippen LogP contribution is -2.40. The molecule has 1 fully saturated rings. The Labute approximate surface area is 128 Å². The molecule has 2 N–H and O–H groups in total. The van der Waals surface area contributed by atoms with Gasteiger partial charge in [0, 0.05) is 33.0 Å². The minimum Gasteiger partial charge on any atom is -0.393 e. The first-order valence-corrected chi connectivity index (χ1v) is 8.02. The largest absolute Gasteiger partial charge is 0.393 e. The van der Waals surface area contributed by atoms with Crippen LogP contribution in [0.2, 0.25) is 0 Å². The van der Waals surface area contributed by atoms with Crippen LogP contribution in [0.5, 0.6) is 0 Å². The predicted molar refractivity (Wildman–Crippen MR) is 87.7 cm³/mol. The topological polar surface area (TPSA) is 49.6 Å². The first-order valence-electron chi connectivity index (χ1n) is 7.61. The van der Waals surface area contributed by atoms with Crippen LogP contribution in [0.4, 0.5) is 0 Å². The van der Waals surface area contributed by atoms with Gasteiger partial charge in [-0.05, 0) is 31.3 Å². The molecule has 0 atom stereocenters. The lowest BCUT2D eigenvalue weighted by atomic mass is 9.78. The zero-order valence-corrected chi connectivity index (χ0v) is 14.0. The fourth-order valence-corrected chi connectivity index (χ4v) is 2.61. The van der Waals surface area contributed by atoms with Crippen LogP contribution < -0.4 is 5.73 Å². The van der Waals surface area contributed by atoms with Crippen LogP contribution >= 0.6 is 12.2 Å². The third-order valence-electron chi connectivity index (χ3n) is 4.68. The van der Waals surface area contributed by atoms with Crippen molar-refractivity contribution >= 4 is 23.1 Å². The highest BCUT2D eigenvalue weighted by Crippen LogP contribution is 2.33. The molecule has 0 aromatic heterocycles. The molecule has 116 valence electrons. The van der Waals surface area contributed by atoms with E-state index in [-0.39, 0.29) is 5.91 Å². The van der Waals surface area contributed by atoms with Crippen molar-refractivity contribution in [2.75, 3.05) is 33.2 Å². The van der Waals surface area contributed by atoms with E-state index >= 15 is 0 Å². The van der Waals surface area contributed by atoms with Crippen molar-refractivity contribution in [1.29, 1.82) is 0 Å². The van der Waals surface area contributed by atoms with E-state index in [1.165, 1.54) is 19.3 Å². The van der Waals surface area contributed by atoms with Crippen LogP contribution in [0.15, 0.2) is 0 Å². The predicted octanol–water partition coefficient (Wildman–Crippen LogP) is 2.02. The Morgan fingerprint density at radius 1 is 1.35 bits per heavy atom. The highest BCUT2D eigenvalue weighted by Gasteiger charge is 2.28. The lowest BCUT2D eigenvalue weighted by molar-refractivity contribution is -0.130. The lowest BCUT2D eigenvalue weighted by Gasteiger charge is -2.39. The first kappa shape index (κ1) is 17.4. The van der Waals surface area contributed by atoms with Crippen LogP contribution in [-0.4, -0.2) is 53.9 Å². The Morgan fingerprint density at radius 3 is 2.45 bits per heavy atom. The monoisotopic (exact) mass is 299 g/mol. The summed E-state index contributed by atoms with van der Waals surface area (Å²) in [5.74, 6) is 0.185. The normalized spacial score (nSPS) is 18.8. The van der Waals surface area contributed by atoms with Crippen molar-refractivity contribution in [2.24, 2.45) is 11.1 Å². The molecule has 0 aliphatic carbocycles. The highest BCUT2D eigenvalue weighted by atomic mass is 32.1. The van der Waals surface area contributed by atoms with Crippen LogP contribution in [0.1, 0.15) is 46.0 Å². The summed E-state index contributed by atoms with van der Waals surface area (Å²) >= 11 is 4.83. The highest BCUT2D eigenvalue weighted by molar-refractivity contribution is 7.80. The molecule has 1 saturated heterocycles. The Kier molecular flexibility index (Phi) is 6.89. The van der Waals surface area contributed by atoms with E-state index in [9.17, 15) is 4.79 Å². The van der Waals surface area contributed by atoms with Gasteiger partial charge in [0.25, 0.3) is 0 Å². The number of likely N-dealkylation sites (tertiary alicyclic amines) is 1. The standard InChI is InChI=1S/C15H29N3OS/c1-4-15(2)7-11-18(12-8-15)10-6-14(19)17(3)9-5-13(16)20/h4-12H2,1-3H3,(H2,16,20). The fourth-order valence-electron chi connectivity index (χ4n) is 2.52.